The van der Waals surface area contributed by atoms with E-state index >= 15 is 0 Å². The number of aromatic nitrogens is 1. The maximum absolute atomic E-state index is 14.2. The molecule has 1 fully saturated rings. The predicted molar refractivity (Wildman–Crippen MR) is 88.7 cm³/mol. The summed E-state index contributed by atoms with van der Waals surface area (Å²) in [5, 5.41) is 14.6. The number of morpholine rings is 1. The monoisotopic (exact) mass is 334 g/mol. The highest BCUT2D eigenvalue weighted by molar-refractivity contribution is 5.98. The molecule has 1 aliphatic heterocycles. The number of ether oxygens (including phenoxy) is 1. The van der Waals surface area contributed by atoms with Crippen LogP contribution in [0.15, 0.2) is 24.4 Å². The van der Waals surface area contributed by atoms with Crippen LogP contribution in [0.2, 0.25) is 0 Å². The van der Waals surface area contributed by atoms with Crippen molar-refractivity contribution in [3.05, 3.63) is 40.3 Å². The second kappa shape index (κ2) is 7.50. The third-order valence-corrected chi connectivity index (χ3v) is 4.10. The number of halogens is 1. The molecule has 0 atom stereocenters. The molecule has 1 N–H and O–H groups in total. The Morgan fingerprint density at radius 3 is 2.88 bits per heavy atom. The summed E-state index contributed by atoms with van der Waals surface area (Å²) in [6.07, 6.45) is 2.33. The molecule has 1 aromatic heterocycles. The van der Waals surface area contributed by atoms with E-state index < -0.39 is 10.7 Å². The molecule has 8 heteroatoms. The van der Waals surface area contributed by atoms with Crippen LogP contribution in [-0.4, -0.2) is 54.2 Å². The number of benzene rings is 1. The molecule has 0 spiro atoms. The zero-order chi connectivity index (χ0) is 16.9. The molecule has 0 bridgehead atoms. The van der Waals surface area contributed by atoms with Crippen LogP contribution in [0.4, 0.5) is 15.9 Å². The highest BCUT2D eigenvalue weighted by Gasteiger charge is 2.17. The number of nitro benzene ring substituents is 1. The van der Waals surface area contributed by atoms with Crippen molar-refractivity contribution >= 4 is 22.3 Å². The number of nitro groups is 1. The highest BCUT2D eigenvalue weighted by Crippen LogP contribution is 2.31. The van der Waals surface area contributed by atoms with Crippen molar-refractivity contribution in [3.8, 4) is 0 Å². The van der Waals surface area contributed by atoms with Gasteiger partial charge in [0.25, 0.3) is 5.69 Å². The van der Waals surface area contributed by atoms with Crippen molar-refractivity contribution in [3.63, 3.8) is 0 Å². The van der Waals surface area contributed by atoms with E-state index in [2.05, 4.69) is 15.2 Å². The molecule has 1 aliphatic rings. The first-order valence-electron chi connectivity index (χ1n) is 7.92. The third-order valence-electron chi connectivity index (χ3n) is 4.10. The summed E-state index contributed by atoms with van der Waals surface area (Å²) >= 11 is 0. The van der Waals surface area contributed by atoms with Gasteiger partial charge in [0.05, 0.1) is 28.9 Å². The van der Waals surface area contributed by atoms with Gasteiger partial charge in [0.1, 0.15) is 11.6 Å². The summed E-state index contributed by atoms with van der Waals surface area (Å²) in [6.45, 7) is 4.90. The summed E-state index contributed by atoms with van der Waals surface area (Å²) in [6, 6.07) is 3.76. The first kappa shape index (κ1) is 16.5. The molecular formula is C16H19FN4O3. The zero-order valence-electron chi connectivity index (χ0n) is 13.2. The quantitative estimate of drug-likeness (QED) is 0.496. The van der Waals surface area contributed by atoms with Crippen LogP contribution in [0.3, 0.4) is 0 Å². The smallest absolute Gasteiger partial charge is 0.277 e. The largest absolute Gasteiger partial charge is 0.379 e. The van der Waals surface area contributed by atoms with Gasteiger partial charge in [-0.05, 0) is 25.1 Å². The Kier molecular flexibility index (Phi) is 5.17. The Labute approximate surface area is 138 Å². The van der Waals surface area contributed by atoms with Crippen LogP contribution in [0, 0.1) is 15.9 Å². The Balaban J connectivity index is 1.70. The lowest BCUT2D eigenvalue weighted by atomic mass is 10.1. The number of hydrogen-bond acceptors (Lipinski definition) is 6. The molecule has 0 radical (unpaired) electrons. The Hall–Kier alpha value is -2.32. The second-order valence-corrected chi connectivity index (χ2v) is 5.64. The van der Waals surface area contributed by atoms with Crippen LogP contribution in [0.25, 0.3) is 10.8 Å². The van der Waals surface area contributed by atoms with E-state index in [0.29, 0.717) is 12.4 Å². The van der Waals surface area contributed by atoms with Crippen LogP contribution >= 0.6 is 0 Å². The zero-order valence-corrected chi connectivity index (χ0v) is 13.2. The standard InChI is InChI=1S/C16H19FN4O3/c17-13-2-3-14(21(22)23)12-4-6-19-16(15(12)13)18-5-1-7-20-8-10-24-11-9-20/h2-4,6H,1,5,7-11H2,(H,18,19). The molecule has 0 unspecified atom stereocenters. The number of rotatable bonds is 6. The lowest BCUT2D eigenvalue weighted by Gasteiger charge is -2.26. The van der Waals surface area contributed by atoms with Gasteiger partial charge in [-0.1, -0.05) is 0 Å². The fraction of sp³-hybridized carbons (Fsp3) is 0.438. The molecule has 3 rings (SSSR count). The summed E-state index contributed by atoms with van der Waals surface area (Å²) < 4.78 is 19.5. The Bertz CT molecular complexity index is 735. The second-order valence-electron chi connectivity index (χ2n) is 5.64. The number of non-ortho nitro benzene ring substituents is 1. The van der Waals surface area contributed by atoms with Gasteiger partial charge in [-0.3, -0.25) is 15.0 Å². The molecule has 0 saturated carbocycles. The number of hydrogen-bond donors (Lipinski definition) is 1. The maximum atomic E-state index is 14.2. The Morgan fingerprint density at radius 2 is 2.12 bits per heavy atom. The SMILES string of the molecule is O=[N+]([O-])c1ccc(F)c2c(NCCCN3CCOCC3)nccc12. The van der Waals surface area contributed by atoms with Gasteiger partial charge < -0.3 is 10.1 Å². The van der Waals surface area contributed by atoms with Gasteiger partial charge in [-0.15, -0.1) is 0 Å². The summed E-state index contributed by atoms with van der Waals surface area (Å²) in [5.74, 6) is -0.171. The predicted octanol–water partition coefficient (Wildman–Crippen LogP) is 2.42. The normalized spacial score (nSPS) is 15.5. The summed E-state index contributed by atoms with van der Waals surface area (Å²) in [7, 11) is 0. The first-order chi connectivity index (χ1) is 11.7. The molecule has 1 saturated heterocycles. The maximum Gasteiger partial charge on any atom is 0.277 e. The van der Waals surface area contributed by atoms with Gasteiger partial charge >= 0.3 is 0 Å². The molecule has 0 amide bonds. The van der Waals surface area contributed by atoms with Crippen LogP contribution in [0.1, 0.15) is 6.42 Å². The molecule has 2 aromatic rings. The third kappa shape index (κ3) is 3.60. The number of nitrogens with zero attached hydrogens (tertiary/aromatic N) is 3. The minimum atomic E-state index is -0.514. The number of fused-ring (bicyclic) bond motifs is 1. The van der Waals surface area contributed by atoms with E-state index in [4.69, 9.17) is 4.74 Å². The molecule has 1 aromatic carbocycles. The molecule has 128 valence electrons. The van der Waals surface area contributed by atoms with Gasteiger partial charge in [0.15, 0.2) is 0 Å². The topological polar surface area (TPSA) is 80.5 Å². The number of pyridine rings is 1. The summed E-state index contributed by atoms with van der Waals surface area (Å²) in [4.78, 5) is 17.0. The first-order valence-corrected chi connectivity index (χ1v) is 7.92. The lowest BCUT2D eigenvalue weighted by molar-refractivity contribution is -0.383. The molecule has 24 heavy (non-hydrogen) atoms. The molecule has 0 aliphatic carbocycles. The highest BCUT2D eigenvalue weighted by atomic mass is 19.1. The average molecular weight is 334 g/mol. The van der Waals surface area contributed by atoms with E-state index in [-0.39, 0.29) is 16.5 Å². The van der Waals surface area contributed by atoms with Crippen LogP contribution in [0.5, 0.6) is 0 Å². The van der Waals surface area contributed by atoms with Crippen molar-refractivity contribution in [2.24, 2.45) is 0 Å². The molecular weight excluding hydrogens is 315 g/mol. The number of nitrogens with one attached hydrogen (secondary N) is 1. The van der Waals surface area contributed by atoms with Crippen molar-refractivity contribution < 1.29 is 14.1 Å². The van der Waals surface area contributed by atoms with E-state index in [1.54, 1.807) is 0 Å². The summed E-state index contributed by atoms with van der Waals surface area (Å²) in [5.41, 5.74) is -0.120. The van der Waals surface area contributed by atoms with Gasteiger partial charge in [-0.2, -0.15) is 0 Å². The van der Waals surface area contributed by atoms with Crippen molar-refractivity contribution in [2.75, 3.05) is 44.7 Å². The fourth-order valence-electron chi connectivity index (χ4n) is 2.87. The van der Waals surface area contributed by atoms with E-state index in [9.17, 15) is 14.5 Å². The van der Waals surface area contributed by atoms with E-state index in [1.807, 2.05) is 0 Å². The van der Waals surface area contributed by atoms with Gasteiger partial charge in [-0.25, -0.2) is 9.37 Å². The molecule has 7 nitrogen and oxygen atoms in total. The average Bonchev–Trinajstić information content (AvgIpc) is 2.59. The van der Waals surface area contributed by atoms with Gasteiger partial charge in [0.2, 0.25) is 0 Å². The van der Waals surface area contributed by atoms with E-state index in [1.165, 1.54) is 18.3 Å². The molecule has 2 heterocycles. The number of anilines is 1. The van der Waals surface area contributed by atoms with Crippen LogP contribution < -0.4 is 5.32 Å². The van der Waals surface area contributed by atoms with Crippen LogP contribution in [-0.2, 0) is 4.74 Å². The van der Waals surface area contributed by atoms with Crippen molar-refractivity contribution in [2.45, 2.75) is 6.42 Å². The minimum Gasteiger partial charge on any atom is -0.379 e. The van der Waals surface area contributed by atoms with E-state index in [0.717, 1.165) is 45.3 Å². The lowest BCUT2D eigenvalue weighted by Crippen LogP contribution is -2.37. The Morgan fingerprint density at radius 1 is 1.33 bits per heavy atom. The van der Waals surface area contributed by atoms with Crippen molar-refractivity contribution in [1.82, 2.24) is 9.88 Å². The fourth-order valence-corrected chi connectivity index (χ4v) is 2.87. The van der Waals surface area contributed by atoms with Crippen molar-refractivity contribution in [1.29, 1.82) is 0 Å². The minimum absolute atomic E-state index is 0.120. The van der Waals surface area contributed by atoms with Gasteiger partial charge in [0, 0.05) is 31.9 Å².